The Morgan fingerprint density at radius 3 is 2.67 bits per heavy atom. The number of rotatable bonds is 6. The van der Waals surface area contributed by atoms with Gasteiger partial charge in [-0.05, 0) is 65.3 Å². The third-order valence-corrected chi connectivity index (χ3v) is 5.88. The van der Waals surface area contributed by atoms with Crippen molar-refractivity contribution in [1.29, 1.82) is 0 Å². The summed E-state index contributed by atoms with van der Waals surface area (Å²) in [4.78, 5) is 33.1. The van der Waals surface area contributed by atoms with Crippen LogP contribution in [0.2, 0.25) is 0 Å². The highest BCUT2D eigenvalue weighted by molar-refractivity contribution is 5.97. The molecule has 2 atom stereocenters. The predicted octanol–water partition coefficient (Wildman–Crippen LogP) is 4.44. The van der Waals surface area contributed by atoms with E-state index in [-0.39, 0.29) is 29.9 Å². The second-order valence-corrected chi connectivity index (χ2v) is 8.16. The highest BCUT2D eigenvalue weighted by Crippen LogP contribution is 2.48. The standard InChI is InChI=1S/C26H21FN4O2/c27-24-11-18(4-6-21(24)25(32)30-14-16-2-1-8-28-13-16)22-12-23(22)26(33)31-20-5-3-19-15-29-9-7-17(19)10-20/h1-11,13,15,22-23H,12,14H2,(H,30,32)(H,31,33)/t22-,23+/m0/s1. The average molecular weight is 440 g/mol. The van der Waals surface area contributed by atoms with Gasteiger partial charge in [-0.2, -0.15) is 0 Å². The van der Waals surface area contributed by atoms with Crippen LogP contribution in [0, 0.1) is 11.7 Å². The molecule has 5 rings (SSSR count). The van der Waals surface area contributed by atoms with Crippen LogP contribution in [0.5, 0.6) is 0 Å². The van der Waals surface area contributed by atoms with Gasteiger partial charge in [-0.25, -0.2) is 4.39 Å². The van der Waals surface area contributed by atoms with Crippen molar-refractivity contribution in [2.45, 2.75) is 18.9 Å². The van der Waals surface area contributed by atoms with E-state index in [1.165, 1.54) is 12.1 Å². The van der Waals surface area contributed by atoms with Gasteiger partial charge in [0.2, 0.25) is 5.91 Å². The minimum atomic E-state index is -0.592. The summed E-state index contributed by atoms with van der Waals surface area (Å²) in [5, 5.41) is 7.65. The summed E-state index contributed by atoms with van der Waals surface area (Å²) in [6.07, 6.45) is 7.43. The molecule has 1 aliphatic carbocycles. The number of pyridine rings is 2. The Morgan fingerprint density at radius 2 is 1.85 bits per heavy atom. The monoisotopic (exact) mass is 440 g/mol. The summed E-state index contributed by atoms with van der Waals surface area (Å²) in [5.74, 6) is -1.45. The second-order valence-electron chi connectivity index (χ2n) is 8.16. The molecule has 6 nitrogen and oxygen atoms in total. The molecule has 0 aliphatic heterocycles. The first kappa shape index (κ1) is 20.8. The summed E-state index contributed by atoms with van der Waals surface area (Å²) in [6, 6.07) is 15.7. The number of benzene rings is 2. The number of hydrogen-bond acceptors (Lipinski definition) is 4. The van der Waals surface area contributed by atoms with E-state index in [0.717, 1.165) is 27.6 Å². The van der Waals surface area contributed by atoms with E-state index in [1.54, 1.807) is 36.9 Å². The maximum atomic E-state index is 14.7. The van der Waals surface area contributed by atoms with Crippen LogP contribution in [0.4, 0.5) is 10.1 Å². The van der Waals surface area contributed by atoms with E-state index in [0.29, 0.717) is 6.42 Å². The normalized spacial score (nSPS) is 16.9. The van der Waals surface area contributed by atoms with Crippen molar-refractivity contribution in [1.82, 2.24) is 15.3 Å². The van der Waals surface area contributed by atoms with Gasteiger partial charge in [0.1, 0.15) is 5.82 Å². The summed E-state index contributed by atoms with van der Waals surface area (Å²) in [6.45, 7) is 0.268. The fourth-order valence-corrected chi connectivity index (χ4v) is 3.98. The first-order chi connectivity index (χ1) is 16.1. The number of fused-ring (bicyclic) bond motifs is 1. The smallest absolute Gasteiger partial charge is 0.254 e. The lowest BCUT2D eigenvalue weighted by atomic mass is 10.0. The van der Waals surface area contributed by atoms with Gasteiger partial charge in [0.25, 0.3) is 5.91 Å². The van der Waals surface area contributed by atoms with E-state index in [1.807, 2.05) is 30.3 Å². The Hall–Kier alpha value is -4.13. The van der Waals surface area contributed by atoms with Crippen molar-refractivity contribution in [3.05, 3.63) is 102 Å². The minimum absolute atomic E-state index is 0.0186. The van der Waals surface area contributed by atoms with Crippen molar-refractivity contribution in [3.8, 4) is 0 Å². The molecule has 2 aromatic heterocycles. The summed E-state index contributed by atoms with van der Waals surface area (Å²) in [5.41, 5.74) is 2.25. The molecule has 0 radical (unpaired) electrons. The number of hydrogen-bond donors (Lipinski definition) is 2. The molecule has 0 unspecified atom stereocenters. The molecule has 4 aromatic rings. The van der Waals surface area contributed by atoms with E-state index >= 15 is 0 Å². The molecular formula is C26H21FN4O2. The lowest BCUT2D eigenvalue weighted by molar-refractivity contribution is -0.117. The van der Waals surface area contributed by atoms with Gasteiger partial charge in [-0.15, -0.1) is 0 Å². The van der Waals surface area contributed by atoms with Crippen LogP contribution in [0.25, 0.3) is 10.8 Å². The molecule has 2 N–H and O–H groups in total. The predicted molar refractivity (Wildman–Crippen MR) is 123 cm³/mol. The van der Waals surface area contributed by atoms with Crippen molar-refractivity contribution in [3.63, 3.8) is 0 Å². The molecule has 2 heterocycles. The molecule has 0 bridgehead atoms. The molecule has 1 fully saturated rings. The van der Waals surface area contributed by atoms with Crippen molar-refractivity contribution in [2.75, 3.05) is 5.32 Å². The Morgan fingerprint density at radius 1 is 0.970 bits per heavy atom. The number of halogens is 1. The third-order valence-electron chi connectivity index (χ3n) is 5.88. The molecule has 0 spiro atoms. The van der Waals surface area contributed by atoms with Crippen LogP contribution >= 0.6 is 0 Å². The topological polar surface area (TPSA) is 84.0 Å². The van der Waals surface area contributed by atoms with Gasteiger partial charge >= 0.3 is 0 Å². The van der Waals surface area contributed by atoms with Gasteiger partial charge in [-0.3, -0.25) is 19.6 Å². The number of nitrogens with one attached hydrogen (secondary N) is 2. The van der Waals surface area contributed by atoms with Crippen LogP contribution in [-0.2, 0) is 11.3 Å². The van der Waals surface area contributed by atoms with E-state index in [4.69, 9.17) is 0 Å². The van der Waals surface area contributed by atoms with Gasteiger partial charge in [-0.1, -0.05) is 18.2 Å². The first-order valence-corrected chi connectivity index (χ1v) is 10.7. The van der Waals surface area contributed by atoms with Gasteiger partial charge in [0, 0.05) is 48.3 Å². The molecule has 0 saturated heterocycles. The molecule has 1 aliphatic rings. The fraction of sp³-hybridized carbons (Fsp3) is 0.154. The third kappa shape index (κ3) is 4.57. The first-order valence-electron chi connectivity index (χ1n) is 10.7. The van der Waals surface area contributed by atoms with Crippen molar-refractivity contribution < 1.29 is 14.0 Å². The minimum Gasteiger partial charge on any atom is -0.348 e. The Labute approximate surface area is 189 Å². The zero-order valence-corrected chi connectivity index (χ0v) is 17.7. The average Bonchev–Trinajstić information content (AvgIpc) is 3.64. The molecule has 33 heavy (non-hydrogen) atoms. The van der Waals surface area contributed by atoms with Crippen LogP contribution in [0.15, 0.2) is 79.4 Å². The number of carbonyl (C=O) groups is 2. The fourth-order valence-electron chi connectivity index (χ4n) is 3.98. The van der Waals surface area contributed by atoms with Crippen LogP contribution in [0.3, 0.4) is 0 Å². The van der Waals surface area contributed by atoms with Gasteiger partial charge in [0.15, 0.2) is 0 Å². The quantitative estimate of drug-likeness (QED) is 0.464. The van der Waals surface area contributed by atoms with Gasteiger partial charge < -0.3 is 10.6 Å². The van der Waals surface area contributed by atoms with Crippen LogP contribution < -0.4 is 10.6 Å². The van der Waals surface area contributed by atoms with Crippen LogP contribution in [0.1, 0.15) is 33.8 Å². The SMILES string of the molecule is O=C(NCc1cccnc1)c1ccc([C@@H]2C[C@H]2C(=O)Nc2ccc3cnccc3c2)cc1F. The van der Waals surface area contributed by atoms with E-state index < -0.39 is 11.7 Å². The lowest BCUT2D eigenvalue weighted by Crippen LogP contribution is -2.24. The zero-order valence-electron chi connectivity index (χ0n) is 17.7. The Kier molecular flexibility index (Phi) is 5.52. The lowest BCUT2D eigenvalue weighted by Gasteiger charge is -2.09. The molecule has 164 valence electrons. The maximum absolute atomic E-state index is 14.7. The molecule has 2 amide bonds. The molecule has 1 saturated carbocycles. The van der Waals surface area contributed by atoms with E-state index in [9.17, 15) is 14.0 Å². The Bertz CT molecular complexity index is 1340. The van der Waals surface area contributed by atoms with Crippen LogP contribution in [-0.4, -0.2) is 21.8 Å². The molecule has 2 aromatic carbocycles. The zero-order chi connectivity index (χ0) is 22.8. The highest BCUT2D eigenvalue weighted by atomic mass is 19.1. The molecule has 7 heteroatoms. The largest absolute Gasteiger partial charge is 0.348 e. The number of amides is 2. The highest BCUT2D eigenvalue weighted by Gasteiger charge is 2.44. The summed E-state index contributed by atoms with van der Waals surface area (Å²) in [7, 11) is 0. The van der Waals surface area contributed by atoms with Gasteiger partial charge in [0.05, 0.1) is 5.56 Å². The number of carbonyl (C=O) groups excluding carboxylic acids is 2. The summed E-state index contributed by atoms with van der Waals surface area (Å²) >= 11 is 0. The van der Waals surface area contributed by atoms with Crippen molar-refractivity contribution in [2.24, 2.45) is 5.92 Å². The number of nitrogens with zero attached hydrogens (tertiary/aromatic N) is 2. The molecular weight excluding hydrogens is 419 g/mol. The number of anilines is 1. The van der Waals surface area contributed by atoms with E-state index in [2.05, 4.69) is 20.6 Å². The summed E-state index contributed by atoms with van der Waals surface area (Å²) < 4.78 is 14.7. The Balaban J connectivity index is 1.21. The number of aromatic nitrogens is 2. The second kappa shape index (κ2) is 8.78. The van der Waals surface area contributed by atoms with Crippen molar-refractivity contribution >= 4 is 28.3 Å². The maximum Gasteiger partial charge on any atom is 0.254 e.